The van der Waals surface area contributed by atoms with E-state index < -0.39 is 0 Å². The number of nitrogens with zero attached hydrogens (tertiary/aromatic N) is 1. The first kappa shape index (κ1) is 18.6. The molecule has 0 radical (unpaired) electrons. The zero-order valence-corrected chi connectivity index (χ0v) is 14.5. The summed E-state index contributed by atoms with van der Waals surface area (Å²) in [7, 11) is 1.61. The number of carbonyl (C=O) groups excluding carboxylic acids is 2. The number of amides is 1. The van der Waals surface area contributed by atoms with Crippen LogP contribution in [-0.2, 0) is 11.3 Å². The monoisotopic (exact) mass is 343 g/mol. The van der Waals surface area contributed by atoms with Crippen LogP contribution in [0.1, 0.15) is 35.7 Å². The normalized spacial score (nSPS) is 10.4. The lowest BCUT2D eigenvalue weighted by atomic mass is 10.1. The summed E-state index contributed by atoms with van der Waals surface area (Å²) in [5.41, 5.74) is 1.00. The molecule has 0 aromatic heterocycles. The molecule has 2 aromatic rings. The van der Waals surface area contributed by atoms with Gasteiger partial charge in [-0.05, 0) is 37.3 Å². The molecule has 25 heavy (non-hydrogen) atoms. The number of benzene rings is 2. The van der Waals surface area contributed by atoms with Gasteiger partial charge in [0.15, 0.2) is 5.78 Å². The van der Waals surface area contributed by atoms with Crippen molar-refractivity contribution in [3.8, 4) is 5.75 Å². The Morgan fingerprint density at radius 1 is 1.04 bits per heavy atom. The number of halogens is 1. The summed E-state index contributed by atoms with van der Waals surface area (Å²) in [6.45, 7) is 2.64. The van der Waals surface area contributed by atoms with Crippen LogP contribution in [0.3, 0.4) is 0 Å². The van der Waals surface area contributed by atoms with Crippen molar-refractivity contribution in [3.63, 3.8) is 0 Å². The quantitative estimate of drug-likeness (QED) is 0.684. The van der Waals surface area contributed by atoms with E-state index in [-0.39, 0.29) is 36.9 Å². The van der Waals surface area contributed by atoms with Gasteiger partial charge in [-0.2, -0.15) is 0 Å². The second-order valence-corrected chi connectivity index (χ2v) is 5.72. The van der Waals surface area contributed by atoms with Crippen LogP contribution in [0.15, 0.2) is 48.5 Å². The van der Waals surface area contributed by atoms with Gasteiger partial charge in [-0.3, -0.25) is 9.59 Å². The zero-order chi connectivity index (χ0) is 18.2. The average Bonchev–Trinajstić information content (AvgIpc) is 2.62. The Hall–Kier alpha value is -2.69. The summed E-state index contributed by atoms with van der Waals surface area (Å²) in [6, 6.07) is 13.2. The van der Waals surface area contributed by atoms with Crippen LogP contribution >= 0.6 is 0 Å². The fraction of sp³-hybridized carbons (Fsp3) is 0.300. The molecule has 2 aromatic carbocycles. The van der Waals surface area contributed by atoms with Gasteiger partial charge in [-0.15, -0.1) is 0 Å². The van der Waals surface area contributed by atoms with Gasteiger partial charge in [-0.1, -0.05) is 18.2 Å². The van der Waals surface area contributed by atoms with Crippen molar-refractivity contribution in [1.29, 1.82) is 0 Å². The number of ether oxygens (including phenoxy) is 1. The zero-order valence-electron chi connectivity index (χ0n) is 14.5. The molecule has 0 unspecified atom stereocenters. The first-order valence-corrected chi connectivity index (χ1v) is 8.24. The molecule has 0 aliphatic carbocycles. The SMILES string of the molecule is CCOc1ccc(C(=O)CCC(=O)N(C)Cc2ccccc2F)cc1. The third-order valence-corrected chi connectivity index (χ3v) is 3.84. The highest BCUT2D eigenvalue weighted by molar-refractivity contribution is 5.98. The van der Waals surface area contributed by atoms with Gasteiger partial charge in [0.2, 0.25) is 5.91 Å². The van der Waals surface area contributed by atoms with Crippen LogP contribution in [0.25, 0.3) is 0 Å². The molecule has 0 heterocycles. The molecule has 0 atom stereocenters. The van der Waals surface area contributed by atoms with E-state index in [1.54, 1.807) is 49.5 Å². The van der Waals surface area contributed by atoms with Crippen LogP contribution in [0, 0.1) is 5.82 Å². The van der Waals surface area contributed by atoms with E-state index in [1.165, 1.54) is 11.0 Å². The largest absolute Gasteiger partial charge is 0.494 e. The Labute approximate surface area is 147 Å². The summed E-state index contributed by atoms with van der Waals surface area (Å²) < 4.78 is 19.0. The number of hydrogen-bond acceptors (Lipinski definition) is 3. The molecule has 0 N–H and O–H groups in total. The minimum Gasteiger partial charge on any atom is -0.494 e. The van der Waals surface area contributed by atoms with Crippen LogP contribution in [0.5, 0.6) is 5.75 Å². The van der Waals surface area contributed by atoms with Gasteiger partial charge in [-0.25, -0.2) is 4.39 Å². The standard InChI is InChI=1S/C20H22FNO3/c1-3-25-17-10-8-15(9-11-17)19(23)12-13-20(24)22(2)14-16-6-4-5-7-18(16)21/h4-11H,3,12-14H2,1-2H3. The second kappa shape index (κ2) is 8.97. The Kier molecular flexibility index (Phi) is 6.69. The van der Waals surface area contributed by atoms with Crippen molar-refractivity contribution in [3.05, 3.63) is 65.5 Å². The highest BCUT2D eigenvalue weighted by Crippen LogP contribution is 2.15. The molecule has 0 saturated carbocycles. The maximum absolute atomic E-state index is 13.6. The Balaban J connectivity index is 1.86. The molecule has 0 saturated heterocycles. The summed E-state index contributed by atoms with van der Waals surface area (Å²) in [5, 5.41) is 0. The molecule has 0 bridgehead atoms. The highest BCUT2D eigenvalue weighted by atomic mass is 19.1. The van der Waals surface area contributed by atoms with Crippen molar-refractivity contribution in [2.45, 2.75) is 26.3 Å². The van der Waals surface area contributed by atoms with Gasteiger partial charge >= 0.3 is 0 Å². The van der Waals surface area contributed by atoms with Gasteiger partial charge in [0, 0.05) is 37.6 Å². The maximum Gasteiger partial charge on any atom is 0.223 e. The van der Waals surface area contributed by atoms with Crippen molar-refractivity contribution in [2.24, 2.45) is 0 Å². The molecule has 4 nitrogen and oxygen atoms in total. The highest BCUT2D eigenvalue weighted by Gasteiger charge is 2.14. The van der Waals surface area contributed by atoms with Crippen molar-refractivity contribution >= 4 is 11.7 Å². The Morgan fingerprint density at radius 3 is 2.36 bits per heavy atom. The molecule has 0 aliphatic heterocycles. The fourth-order valence-corrected chi connectivity index (χ4v) is 2.43. The summed E-state index contributed by atoms with van der Waals surface area (Å²) in [5.74, 6) is 0.0746. The third-order valence-electron chi connectivity index (χ3n) is 3.84. The summed E-state index contributed by atoms with van der Waals surface area (Å²) in [6.07, 6.45) is 0.214. The van der Waals surface area contributed by atoms with E-state index in [2.05, 4.69) is 0 Å². The lowest BCUT2D eigenvalue weighted by molar-refractivity contribution is -0.130. The second-order valence-electron chi connectivity index (χ2n) is 5.72. The lowest BCUT2D eigenvalue weighted by Gasteiger charge is -2.17. The molecule has 0 fully saturated rings. The molecule has 5 heteroatoms. The summed E-state index contributed by atoms with van der Waals surface area (Å²) >= 11 is 0. The lowest BCUT2D eigenvalue weighted by Crippen LogP contribution is -2.27. The predicted octanol–water partition coefficient (Wildman–Crippen LogP) is 3.85. The van der Waals surface area contributed by atoms with E-state index in [0.29, 0.717) is 23.5 Å². The van der Waals surface area contributed by atoms with Crippen molar-refractivity contribution in [1.82, 2.24) is 4.90 Å². The van der Waals surface area contributed by atoms with E-state index in [9.17, 15) is 14.0 Å². The van der Waals surface area contributed by atoms with Crippen LogP contribution < -0.4 is 4.74 Å². The maximum atomic E-state index is 13.6. The van der Waals surface area contributed by atoms with Gasteiger partial charge < -0.3 is 9.64 Å². The first-order chi connectivity index (χ1) is 12.0. The van der Waals surface area contributed by atoms with Gasteiger partial charge in [0.05, 0.1) is 6.61 Å². The van der Waals surface area contributed by atoms with E-state index in [4.69, 9.17) is 4.74 Å². The molecule has 1 amide bonds. The van der Waals surface area contributed by atoms with E-state index >= 15 is 0 Å². The third kappa shape index (κ3) is 5.41. The van der Waals surface area contributed by atoms with E-state index in [1.807, 2.05) is 6.92 Å². The Bertz CT molecular complexity index is 728. The number of Topliss-reactive ketones (excluding diaryl/α,β-unsaturated/α-hetero) is 1. The minimum absolute atomic E-state index is 0.0942. The van der Waals surface area contributed by atoms with Gasteiger partial charge in [0.25, 0.3) is 0 Å². The number of hydrogen-bond donors (Lipinski definition) is 0. The molecular formula is C20H22FNO3. The van der Waals surface area contributed by atoms with Crippen molar-refractivity contribution in [2.75, 3.05) is 13.7 Å². The average molecular weight is 343 g/mol. The molecule has 132 valence electrons. The minimum atomic E-state index is -0.340. The van der Waals surface area contributed by atoms with Crippen LogP contribution in [0.2, 0.25) is 0 Å². The predicted molar refractivity (Wildman–Crippen MR) is 94.0 cm³/mol. The number of ketones is 1. The molecule has 0 spiro atoms. The van der Waals surface area contributed by atoms with Gasteiger partial charge in [0.1, 0.15) is 11.6 Å². The van der Waals surface area contributed by atoms with Crippen LogP contribution in [0.4, 0.5) is 4.39 Å². The first-order valence-electron chi connectivity index (χ1n) is 8.24. The van der Waals surface area contributed by atoms with Crippen molar-refractivity contribution < 1.29 is 18.7 Å². The summed E-state index contributed by atoms with van der Waals surface area (Å²) in [4.78, 5) is 25.8. The number of rotatable bonds is 8. The van der Waals surface area contributed by atoms with Crippen LogP contribution in [-0.4, -0.2) is 30.2 Å². The molecule has 0 aliphatic rings. The topological polar surface area (TPSA) is 46.6 Å². The van der Waals surface area contributed by atoms with E-state index in [0.717, 1.165) is 0 Å². The molecular weight excluding hydrogens is 321 g/mol. The fourth-order valence-electron chi connectivity index (χ4n) is 2.43. The smallest absolute Gasteiger partial charge is 0.223 e. The molecule has 2 rings (SSSR count). The number of carbonyl (C=O) groups is 2. The Morgan fingerprint density at radius 2 is 1.72 bits per heavy atom.